The van der Waals surface area contributed by atoms with Crippen LogP contribution in [0.15, 0.2) is 12.1 Å². The maximum absolute atomic E-state index is 9.50. The van der Waals surface area contributed by atoms with E-state index in [0.717, 1.165) is 0 Å². The van der Waals surface area contributed by atoms with E-state index in [-0.39, 0.29) is 12.3 Å². The van der Waals surface area contributed by atoms with Crippen molar-refractivity contribution in [2.45, 2.75) is 6.10 Å². The molecule has 1 atom stereocenters. The van der Waals surface area contributed by atoms with Gasteiger partial charge in [0.25, 0.3) is 0 Å². The molecule has 1 aliphatic rings. The van der Waals surface area contributed by atoms with Gasteiger partial charge in [-0.15, -0.1) is 0 Å². The molecule has 74 valence electrons. The highest BCUT2D eigenvalue weighted by molar-refractivity contribution is 6.63. The second-order valence-corrected chi connectivity index (χ2v) is 3.51. The summed E-state index contributed by atoms with van der Waals surface area (Å²) < 4.78 is 5.13. The van der Waals surface area contributed by atoms with Gasteiger partial charge in [-0.2, -0.15) is 0 Å². The third kappa shape index (κ3) is 1.29. The maximum Gasteiger partial charge on any atom is 0.495 e. The van der Waals surface area contributed by atoms with Gasteiger partial charge in [-0.05, 0) is 12.1 Å². The van der Waals surface area contributed by atoms with Crippen LogP contribution in [-0.4, -0.2) is 23.8 Å². The Bertz CT molecular complexity index is 374. The van der Waals surface area contributed by atoms with Crippen LogP contribution in [0.25, 0.3) is 0 Å². The zero-order chi connectivity index (χ0) is 10.3. The first-order valence-corrected chi connectivity index (χ1v) is 4.57. The Morgan fingerprint density at radius 3 is 2.93 bits per heavy atom. The minimum absolute atomic E-state index is 0.0205. The molecule has 0 spiro atoms. The van der Waals surface area contributed by atoms with Crippen LogP contribution in [0.1, 0.15) is 11.7 Å². The van der Waals surface area contributed by atoms with Crippen LogP contribution in [0.2, 0.25) is 5.02 Å². The van der Waals surface area contributed by atoms with Crippen LogP contribution < -0.4 is 11.2 Å². The number of halogens is 1. The van der Waals surface area contributed by atoms with Crippen molar-refractivity contribution in [3.63, 3.8) is 0 Å². The number of fused-ring (bicyclic) bond motifs is 1. The Labute approximate surface area is 86.4 Å². The highest BCUT2D eigenvalue weighted by Gasteiger charge is 2.38. The van der Waals surface area contributed by atoms with Gasteiger partial charge in [0, 0.05) is 22.6 Å². The molecule has 6 heteroatoms. The van der Waals surface area contributed by atoms with E-state index >= 15 is 0 Å². The Morgan fingerprint density at radius 1 is 1.57 bits per heavy atom. The van der Waals surface area contributed by atoms with Gasteiger partial charge in [-0.1, -0.05) is 11.6 Å². The fraction of sp³-hybridized carbons (Fsp3) is 0.250. The topological polar surface area (TPSA) is 75.7 Å². The number of benzene rings is 1. The Hall–Kier alpha value is -0.745. The summed E-state index contributed by atoms with van der Waals surface area (Å²) >= 11 is 5.92. The summed E-state index contributed by atoms with van der Waals surface area (Å²) in [5.74, 6) is -0.0205. The van der Waals surface area contributed by atoms with Crippen molar-refractivity contribution in [1.29, 1.82) is 0 Å². The lowest BCUT2D eigenvalue weighted by molar-refractivity contribution is 0.198. The van der Waals surface area contributed by atoms with Crippen LogP contribution >= 0.6 is 11.6 Å². The van der Waals surface area contributed by atoms with E-state index < -0.39 is 13.2 Å². The van der Waals surface area contributed by atoms with E-state index in [2.05, 4.69) is 0 Å². The molecular weight excluding hydrogens is 204 g/mol. The average Bonchev–Trinajstić information content (AvgIpc) is 2.50. The molecular formula is C8H9BClNO3. The molecule has 1 aromatic carbocycles. The van der Waals surface area contributed by atoms with Gasteiger partial charge in [0.1, 0.15) is 5.75 Å². The number of rotatable bonds is 1. The second-order valence-electron chi connectivity index (χ2n) is 3.11. The number of aromatic hydroxyl groups is 1. The molecule has 1 aliphatic heterocycles. The Morgan fingerprint density at radius 2 is 2.29 bits per heavy atom. The van der Waals surface area contributed by atoms with Gasteiger partial charge in [0.2, 0.25) is 0 Å². The van der Waals surface area contributed by atoms with Crippen molar-refractivity contribution in [3.8, 4) is 5.75 Å². The normalized spacial score (nSPS) is 19.9. The Balaban J connectivity index is 2.60. The molecule has 4 nitrogen and oxygen atoms in total. The predicted molar refractivity (Wildman–Crippen MR) is 53.6 cm³/mol. The lowest BCUT2D eigenvalue weighted by atomic mass is 9.78. The minimum Gasteiger partial charge on any atom is -0.508 e. The van der Waals surface area contributed by atoms with E-state index in [1.54, 1.807) is 6.07 Å². The summed E-state index contributed by atoms with van der Waals surface area (Å²) in [7, 11) is -1.14. The molecule has 0 amide bonds. The summed E-state index contributed by atoms with van der Waals surface area (Å²) in [5.41, 5.74) is 6.37. The van der Waals surface area contributed by atoms with Gasteiger partial charge in [-0.3, -0.25) is 0 Å². The predicted octanol–water partition coefficient (Wildman–Crippen LogP) is -0.237. The monoisotopic (exact) mass is 213 g/mol. The molecule has 0 unspecified atom stereocenters. The molecule has 2 rings (SSSR count). The van der Waals surface area contributed by atoms with Crippen molar-refractivity contribution in [3.05, 3.63) is 22.7 Å². The van der Waals surface area contributed by atoms with E-state index in [4.69, 9.17) is 22.0 Å². The third-order valence-corrected chi connectivity index (χ3v) is 2.62. The molecule has 0 radical (unpaired) electrons. The summed E-state index contributed by atoms with van der Waals surface area (Å²) in [6.45, 7) is 0.216. The van der Waals surface area contributed by atoms with Crippen LogP contribution in [-0.2, 0) is 4.65 Å². The van der Waals surface area contributed by atoms with Crippen LogP contribution in [0, 0.1) is 0 Å². The van der Waals surface area contributed by atoms with Crippen LogP contribution in [0.4, 0.5) is 0 Å². The smallest absolute Gasteiger partial charge is 0.495 e. The third-order valence-electron chi connectivity index (χ3n) is 2.29. The first kappa shape index (κ1) is 9.80. The number of nitrogens with two attached hydrogens (primary N) is 1. The van der Waals surface area contributed by atoms with Crippen molar-refractivity contribution in [2.75, 3.05) is 6.54 Å². The van der Waals surface area contributed by atoms with Crippen LogP contribution in [0.5, 0.6) is 5.75 Å². The maximum atomic E-state index is 9.50. The molecule has 0 aliphatic carbocycles. The first-order valence-electron chi connectivity index (χ1n) is 4.20. The molecule has 0 bridgehead atoms. The zero-order valence-electron chi connectivity index (χ0n) is 7.27. The fourth-order valence-electron chi connectivity index (χ4n) is 1.65. The summed E-state index contributed by atoms with van der Waals surface area (Å²) in [4.78, 5) is 0. The summed E-state index contributed by atoms with van der Waals surface area (Å²) in [6.07, 6.45) is -0.445. The molecule has 14 heavy (non-hydrogen) atoms. The SMILES string of the molecule is NC[C@H]1OB(O)c2c(O)ccc(Cl)c21. The lowest BCUT2D eigenvalue weighted by Crippen LogP contribution is -2.28. The quantitative estimate of drug-likeness (QED) is 0.563. The molecule has 0 saturated carbocycles. The molecule has 0 fully saturated rings. The molecule has 1 heterocycles. The van der Waals surface area contributed by atoms with Gasteiger partial charge in [0.15, 0.2) is 0 Å². The van der Waals surface area contributed by atoms with E-state index in [9.17, 15) is 10.1 Å². The van der Waals surface area contributed by atoms with Crippen molar-refractivity contribution in [1.82, 2.24) is 0 Å². The first-order chi connectivity index (χ1) is 6.65. The molecule has 0 saturated heterocycles. The van der Waals surface area contributed by atoms with Gasteiger partial charge >= 0.3 is 7.12 Å². The number of phenolic OH excluding ortho intramolecular Hbond substituents is 1. The fourth-order valence-corrected chi connectivity index (χ4v) is 1.94. The van der Waals surface area contributed by atoms with Crippen molar-refractivity contribution < 1.29 is 14.8 Å². The standard InChI is InChI=1S/C8H9BClNO3/c10-4-1-2-5(12)8-7(4)6(3-11)14-9(8)13/h1-2,6,12-13H,3,11H2/t6-/m1/s1. The van der Waals surface area contributed by atoms with Crippen molar-refractivity contribution >= 4 is 24.2 Å². The van der Waals surface area contributed by atoms with E-state index in [1.165, 1.54) is 6.07 Å². The average molecular weight is 213 g/mol. The highest BCUT2D eigenvalue weighted by atomic mass is 35.5. The van der Waals surface area contributed by atoms with Gasteiger partial charge in [0.05, 0.1) is 6.10 Å². The van der Waals surface area contributed by atoms with E-state index in [0.29, 0.717) is 16.0 Å². The number of phenols is 1. The van der Waals surface area contributed by atoms with Crippen LogP contribution in [0.3, 0.4) is 0 Å². The number of hydrogen-bond donors (Lipinski definition) is 3. The van der Waals surface area contributed by atoms with Gasteiger partial charge < -0.3 is 20.5 Å². The second kappa shape index (κ2) is 3.44. The molecule has 1 aromatic rings. The zero-order valence-corrected chi connectivity index (χ0v) is 8.03. The van der Waals surface area contributed by atoms with Crippen molar-refractivity contribution in [2.24, 2.45) is 5.73 Å². The molecule has 4 N–H and O–H groups in total. The van der Waals surface area contributed by atoms with Gasteiger partial charge in [-0.25, -0.2) is 0 Å². The highest BCUT2D eigenvalue weighted by Crippen LogP contribution is 2.32. The van der Waals surface area contributed by atoms with E-state index in [1.807, 2.05) is 0 Å². The number of hydrogen-bond acceptors (Lipinski definition) is 4. The lowest BCUT2D eigenvalue weighted by Gasteiger charge is -2.10. The Kier molecular flexibility index (Phi) is 2.40. The minimum atomic E-state index is -1.14. The molecule has 0 aromatic heterocycles. The summed E-state index contributed by atoms with van der Waals surface area (Å²) in [6, 6.07) is 2.98. The largest absolute Gasteiger partial charge is 0.508 e. The summed E-state index contributed by atoms with van der Waals surface area (Å²) in [5, 5.41) is 19.4.